The number of nitrogens with two attached hydrogens (primary N) is 1. The lowest BCUT2D eigenvalue weighted by Gasteiger charge is -2.08. The number of nitrogens with one attached hydrogen (secondary N) is 1. The van der Waals surface area contributed by atoms with E-state index in [0.29, 0.717) is 0 Å². The molecule has 0 saturated carbocycles. The van der Waals surface area contributed by atoms with Crippen LogP contribution in [0.2, 0.25) is 0 Å². The van der Waals surface area contributed by atoms with E-state index in [0.717, 1.165) is 17.9 Å². The van der Waals surface area contributed by atoms with E-state index in [1.54, 1.807) is 0 Å². The fourth-order valence-corrected chi connectivity index (χ4v) is 2.37. The highest BCUT2D eigenvalue weighted by Crippen LogP contribution is 2.22. The van der Waals surface area contributed by atoms with Crippen molar-refractivity contribution < 1.29 is 0 Å². The predicted molar refractivity (Wildman–Crippen MR) is 94.8 cm³/mol. The lowest BCUT2D eigenvalue weighted by molar-refractivity contribution is 1.15. The average molecular weight is 288 g/mol. The summed E-state index contributed by atoms with van der Waals surface area (Å²) in [5, 5.41) is 3.43. The van der Waals surface area contributed by atoms with Crippen LogP contribution in [0.4, 0.5) is 11.4 Å². The van der Waals surface area contributed by atoms with E-state index in [2.05, 4.69) is 60.8 Å². The summed E-state index contributed by atoms with van der Waals surface area (Å²) in [5.74, 6) is 0. The third-order valence-corrected chi connectivity index (χ3v) is 3.75. The van der Waals surface area contributed by atoms with Gasteiger partial charge in [-0.05, 0) is 47.9 Å². The van der Waals surface area contributed by atoms with E-state index in [1.165, 1.54) is 22.3 Å². The summed E-state index contributed by atoms with van der Waals surface area (Å²) in [6.45, 7) is 2.90. The molecule has 0 fully saturated rings. The van der Waals surface area contributed by atoms with Crippen molar-refractivity contribution in [1.82, 2.24) is 0 Å². The molecule has 2 heteroatoms. The van der Waals surface area contributed by atoms with Gasteiger partial charge in [-0.25, -0.2) is 0 Å². The minimum absolute atomic E-state index is 0.796. The van der Waals surface area contributed by atoms with E-state index in [1.807, 2.05) is 24.3 Å². The van der Waals surface area contributed by atoms with E-state index >= 15 is 0 Å². The van der Waals surface area contributed by atoms with Gasteiger partial charge >= 0.3 is 0 Å². The molecule has 0 saturated heterocycles. The molecule has 3 aromatic rings. The van der Waals surface area contributed by atoms with Gasteiger partial charge in [0.1, 0.15) is 0 Å². The van der Waals surface area contributed by atoms with Gasteiger partial charge in [0.25, 0.3) is 0 Å². The van der Waals surface area contributed by atoms with Crippen molar-refractivity contribution >= 4 is 11.4 Å². The highest BCUT2D eigenvalue weighted by atomic mass is 14.9. The monoisotopic (exact) mass is 288 g/mol. The van der Waals surface area contributed by atoms with Crippen LogP contribution >= 0.6 is 0 Å². The Morgan fingerprint density at radius 1 is 0.727 bits per heavy atom. The van der Waals surface area contributed by atoms with Crippen molar-refractivity contribution in [2.75, 3.05) is 11.1 Å². The zero-order valence-electron chi connectivity index (χ0n) is 12.7. The zero-order valence-corrected chi connectivity index (χ0v) is 12.7. The van der Waals surface area contributed by atoms with Crippen LogP contribution in [0.1, 0.15) is 11.1 Å². The van der Waals surface area contributed by atoms with E-state index in [9.17, 15) is 0 Å². The summed E-state index contributed by atoms with van der Waals surface area (Å²) in [6.07, 6.45) is 0. The van der Waals surface area contributed by atoms with Crippen molar-refractivity contribution in [1.29, 1.82) is 0 Å². The van der Waals surface area contributed by atoms with E-state index < -0.39 is 0 Å². The first-order valence-electron chi connectivity index (χ1n) is 7.46. The molecule has 2 nitrogen and oxygen atoms in total. The van der Waals surface area contributed by atoms with Crippen LogP contribution in [0.25, 0.3) is 11.1 Å². The molecular weight excluding hydrogens is 268 g/mol. The first-order chi connectivity index (χ1) is 10.7. The number of rotatable bonds is 4. The maximum atomic E-state index is 5.69. The summed E-state index contributed by atoms with van der Waals surface area (Å²) in [6, 6.07) is 25.1. The summed E-state index contributed by atoms with van der Waals surface area (Å²) in [5.41, 5.74) is 12.6. The summed E-state index contributed by atoms with van der Waals surface area (Å²) < 4.78 is 0. The van der Waals surface area contributed by atoms with Crippen LogP contribution in [-0.2, 0) is 6.54 Å². The first kappa shape index (κ1) is 14.2. The van der Waals surface area contributed by atoms with Crippen LogP contribution in [0.5, 0.6) is 0 Å². The van der Waals surface area contributed by atoms with E-state index in [-0.39, 0.29) is 0 Å². The Morgan fingerprint density at radius 2 is 1.27 bits per heavy atom. The van der Waals surface area contributed by atoms with Crippen LogP contribution in [-0.4, -0.2) is 0 Å². The van der Waals surface area contributed by atoms with Crippen LogP contribution < -0.4 is 11.1 Å². The smallest absolute Gasteiger partial charge is 0.0400 e. The molecule has 110 valence electrons. The molecule has 0 radical (unpaired) electrons. The van der Waals surface area contributed by atoms with E-state index in [4.69, 9.17) is 5.73 Å². The molecule has 3 rings (SSSR count). The second-order valence-corrected chi connectivity index (χ2v) is 5.54. The number of anilines is 2. The van der Waals surface area contributed by atoms with Gasteiger partial charge in [-0.2, -0.15) is 0 Å². The number of hydrogen-bond acceptors (Lipinski definition) is 2. The molecule has 0 spiro atoms. The van der Waals surface area contributed by atoms with Crippen LogP contribution in [0, 0.1) is 6.92 Å². The van der Waals surface area contributed by atoms with Gasteiger partial charge in [0, 0.05) is 17.9 Å². The highest BCUT2D eigenvalue weighted by molar-refractivity contribution is 5.66. The molecule has 0 heterocycles. The first-order valence-corrected chi connectivity index (χ1v) is 7.46. The molecule has 3 N–H and O–H groups in total. The van der Waals surface area contributed by atoms with Gasteiger partial charge in [-0.1, -0.05) is 54.1 Å². The van der Waals surface area contributed by atoms with Gasteiger partial charge in [0.05, 0.1) is 0 Å². The Balaban J connectivity index is 1.66. The van der Waals surface area contributed by atoms with Crippen molar-refractivity contribution in [3.05, 3.63) is 83.9 Å². The lowest BCUT2D eigenvalue weighted by Crippen LogP contribution is -1.99. The predicted octanol–water partition coefficient (Wildman–Crippen LogP) is 4.86. The Bertz CT molecular complexity index is 726. The van der Waals surface area contributed by atoms with Gasteiger partial charge in [-0.3, -0.25) is 0 Å². The fraction of sp³-hybridized carbons (Fsp3) is 0.100. The Kier molecular flexibility index (Phi) is 4.10. The maximum Gasteiger partial charge on any atom is 0.0400 e. The SMILES string of the molecule is Cc1ccc(-c2ccc(NCc3ccc(N)cc3)cc2)cc1. The Hall–Kier alpha value is -2.74. The number of nitrogen functional groups attached to an aromatic ring is 1. The van der Waals surface area contributed by atoms with Gasteiger partial charge in [0.15, 0.2) is 0 Å². The fourth-order valence-electron chi connectivity index (χ4n) is 2.37. The molecule has 0 bridgehead atoms. The standard InChI is InChI=1S/C20H20N2/c1-15-2-6-17(7-3-15)18-8-12-20(13-9-18)22-14-16-4-10-19(21)11-5-16/h2-13,22H,14,21H2,1H3. The quantitative estimate of drug-likeness (QED) is 0.673. The molecule has 0 atom stereocenters. The molecule has 3 aromatic carbocycles. The Morgan fingerprint density at radius 3 is 1.86 bits per heavy atom. The average Bonchev–Trinajstić information content (AvgIpc) is 2.56. The highest BCUT2D eigenvalue weighted by Gasteiger charge is 1.98. The normalized spacial score (nSPS) is 10.4. The largest absolute Gasteiger partial charge is 0.399 e. The van der Waals surface area contributed by atoms with Crippen LogP contribution in [0.3, 0.4) is 0 Å². The summed E-state index contributed by atoms with van der Waals surface area (Å²) in [7, 11) is 0. The molecule has 0 aromatic heterocycles. The molecule has 0 unspecified atom stereocenters. The van der Waals surface area contributed by atoms with Crippen molar-refractivity contribution in [2.24, 2.45) is 0 Å². The number of aryl methyl sites for hydroxylation is 1. The molecule has 0 aliphatic heterocycles. The van der Waals surface area contributed by atoms with Gasteiger partial charge in [-0.15, -0.1) is 0 Å². The van der Waals surface area contributed by atoms with Crippen molar-refractivity contribution in [3.63, 3.8) is 0 Å². The minimum atomic E-state index is 0.796. The lowest BCUT2D eigenvalue weighted by atomic mass is 10.0. The third kappa shape index (κ3) is 3.47. The molecular formula is C20H20N2. The summed E-state index contributed by atoms with van der Waals surface area (Å²) in [4.78, 5) is 0. The topological polar surface area (TPSA) is 38.0 Å². The minimum Gasteiger partial charge on any atom is -0.399 e. The molecule has 0 amide bonds. The molecule has 0 aliphatic carbocycles. The number of hydrogen-bond donors (Lipinski definition) is 2. The van der Waals surface area contributed by atoms with Crippen molar-refractivity contribution in [2.45, 2.75) is 13.5 Å². The third-order valence-electron chi connectivity index (χ3n) is 3.75. The molecule has 22 heavy (non-hydrogen) atoms. The van der Waals surface area contributed by atoms with Crippen molar-refractivity contribution in [3.8, 4) is 11.1 Å². The van der Waals surface area contributed by atoms with Gasteiger partial charge < -0.3 is 11.1 Å². The summed E-state index contributed by atoms with van der Waals surface area (Å²) >= 11 is 0. The zero-order chi connectivity index (χ0) is 15.4. The van der Waals surface area contributed by atoms with Crippen LogP contribution in [0.15, 0.2) is 72.8 Å². The van der Waals surface area contributed by atoms with Gasteiger partial charge in [0.2, 0.25) is 0 Å². The maximum absolute atomic E-state index is 5.69. The second kappa shape index (κ2) is 6.35. The number of benzene rings is 3. The molecule has 0 aliphatic rings. The Labute approximate surface area is 131 Å². The second-order valence-electron chi connectivity index (χ2n) is 5.54.